The lowest BCUT2D eigenvalue weighted by molar-refractivity contribution is -1.63. The van der Waals surface area contributed by atoms with Crippen LogP contribution in [-0.4, -0.2) is 29.6 Å². The van der Waals surface area contributed by atoms with Crippen molar-refractivity contribution in [2.75, 3.05) is 26.2 Å². The van der Waals surface area contributed by atoms with Gasteiger partial charge in [0.15, 0.2) is 0 Å². The molecule has 1 fully saturated rings. The van der Waals surface area contributed by atoms with E-state index in [1.807, 2.05) is 0 Å². The third-order valence-electron chi connectivity index (χ3n) is 0.957. The zero-order valence-corrected chi connectivity index (χ0v) is 7.63. The first-order chi connectivity index (χ1) is 4.73. The van der Waals surface area contributed by atoms with E-state index in [0.29, 0.717) is 0 Å². The largest absolute Gasteiger partial charge is 0.503 e. The summed E-state index contributed by atoms with van der Waals surface area (Å²) in [6.07, 6.45) is 0. The highest BCUT2D eigenvalue weighted by Crippen LogP contribution is 1.65. The summed E-state index contributed by atoms with van der Waals surface area (Å²) in [7, 11) is 0. The highest BCUT2D eigenvalue weighted by molar-refractivity contribution is 4.59. The Morgan fingerprint density at radius 3 is 1.30 bits per heavy atom. The van der Waals surface area contributed by atoms with Gasteiger partial charge in [-0.2, -0.15) is 0 Å². The molecule has 0 bridgehead atoms. The molecule has 0 saturated carbocycles. The smallest absolute Gasteiger partial charge is 0.396 e. The molecule has 10 heavy (non-hydrogen) atoms. The van der Waals surface area contributed by atoms with E-state index in [-0.39, 0.29) is 0 Å². The van der Waals surface area contributed by atoms with E-state index in [4.69, 9.17) is 10.3 Å². The number of nitrogens with one attached hydrogen (secondary N) is 2. The fourth-order valence-electron chi connectivity index (χ4n) is 0.604. The van der Waals surface area contributed by atoms with E-state index in [1.165, 1.54) is 0 Å². The van der Waals surface area contributed by atoms with Crippen LogP contribution >= 0.6 is 0 Å². The number of piperazine rings is 1. The van der Waals surface area contributed by atoms with Gasteiger partial charge in [-0.1, -0.05) is 0 Å². The maximum Gasteiger partial charge on any atom is 0.503 e. The summed E-state index contributed by atoms with van der Waals surface area (Å²) in [4.78, 5) is 0. The van der Waals surface area contributed by atoms with Crippen molar-refractivity contribution in [1.29, 1.82) is 0 Å². The molecule has 0 atom stereocenters. The molecule has 0 spiro atoms. The molecule has 0 aliphatic carbocycles. The van der Waals surface area contributed by atoms with E-state index in [0.717, 1.165) is 26.2 Å². The summed E-state index contributed by atoms with van der Waals surface area (Å²) in [6.45, 7) is 4.56. The topological polar surface area (TPSA) is 90.4 Å². The van der Waals surface area contributed by atoms with Crippen LogP contribution in [-0.2, 0) is 0 Å². The second-order valence-electron chi connectivity index (χ2n) is 1.70. The first kappa shape index (κ1) is 10.5. The van der Waals surface area contributed by atoms with Gasteiger partial charge in [-0.05, 0) is 3.44 Å². The van der Waals surface area contributed by atoms with Crippen molar-refractivity contribution in [2.45, 2.75) is 0 Å². The molecule has 1 aliphatic heterocycles. The van der Waals surface area contributed by atoms with Crippen molar-refractivity contribution in [2.24, 2.45) is 0 Å². The average molecular weight is 262 g/mol. The molecule has 0 radical (unpaired) electrons. The molecule has 0 unspecified atom stereocenters. The Labute approximate surface area is 68.5 Å². The molecule has 0 aromatic rings. The Hall–Kier alpha value is 0.530. The summed E-state index contributed by atoms with van der Waals surface area (Å²) in [6, 6.07) is 0. The first-order valence-corrected chi connectivity index (χ1v) is 5.62. The van der Waals surface area contributed by atoms with Gasteiger partial charge in [-0.25, -0.2) is 0 Å². The number of halogens is 1. The van der Waals surface area contributed by atoms with Gasteiger partial charge in [0.05, 0.1) is 0 Å². The maximum atomic E-state index is 8.68. The van der Waals surface area contributed by atoms with Crippen LogP contribution in [0, 0.1) is 0 Å². The normalized spacial score (nSPS) is 18.0. The molecule has 6 heteroatoms. The van der Waals surface area contributed by atoms with E-state index in [2.05, 4.69) is 10.6 Å². The minimum atomic E-state index is -3.76. The molecule has 62 valence electrons. The van der Waals surface area contributed by atoms with Crippen LogP contribution in [0.1, 0.15) is 0 Å². The Bertz CT molecular complexity index is 55.3. The van der Waals surface area contributed by atoms with Crippen molar-refractivity contribution >= 4 is 0 Å². The van der Waals surface area contributed by atoms with Crippen LogP contribution in [0.4, 0.5) is 0 Å². The summed E-state index contributed by atoms with van der Waals surface area (Å²) < 4.78 is 24.5. The van der Waals surface area contributed by atoms with Gasteiger partial charge in [0.2, 0.25) is 0 Å². The third-order valence-corrected chi connectivity index (χ3v) is 0.957. The average Bonchev–Trinajstić information content (AvgIpc) is 1.90. The van der Waals surface area contributed by atoms with Crippen LogP contribution in [0.25, 0.3) is 0 Å². The predicted octanol–water partition coefficient (Wildman–Crippen LogP) is -6.75. The summed E-state index contributed by atoms with van der Waals surface area (Å²) in [5.74, 6) is 0. The Morgan fingerprint density at radius 2 is 1.20 bits per heavy atom. The molecule has 3 N–H and O–H groups in total. The number of rotatable bonds is 0. The van der Waals surface area contributed by atoms with Crippen LogP contribution < -0.4 is 38.6 Å². The van der Waals surface area contributed by atoms with E-state index < -0.39 is 21.1 Å². The predicted molar refractivity (Wildman–Crippen MR) is 28.0 cm³/mol. The van der Waals surface area contributed by atoms with Crippen molar-refractivity contribution in [1.82, 2.24) is 10.6 Å². The minimum Gasteiger partial charge on any atom is -0.396 e. The Kier molecular flexibility index (Phi) is 8.04. The van der Waals surface area contributed by atoms with Crippen molar-refractivity contribution in [3.63, 3.8) is 0 Å². The third kappa shape index (κ3) is 11.3. The molecule has 0 aromatic heterocycles. The monoisotopic (exact) mass is 262 g/mol. The zero-order chi connectivity index (χ0) is 7.82. The maximum absolute atomic E-state index is 8.68. The van der Waals surface area contributed by atoms with Crippen molar-refractivity contribution in [3.8, 4) is 0 Å². The summed E-state index contributed by atoms with van der Waals surface area (Å²) in [5.41, 5.74) is 0. The number of hydrogen-bond donors (Lipinski definition) is 3. The van der Waals surface area contributed by atoms with Gasteiger partial charge in [-0.3, -0.25) is 0 Å². The van der Waals surface area contributed by atoms with Crippen LogP contribution in [0.2, 0.25) is 0 Å². The highest BCUT2D eigenvalue weighted by atomic mass is 127. The van der Waals surface area contributed by atoms with Gasteiger partial charge in [0, 0.05) is 26.2 Å². The fraction of sp³-hybridized carbons (Fsp3) is 1.00. The quantitative estimate of drug-likeness (QED) is 0.377. The second kappa shape index (κ2) is 7.63. The van der Waals surface area contributed by atoms with E-state index >= 15 is 0 Å². The molecule has 1 aliphatic rings. The SMILES string of the molecule is C1CNCCN1.[O-][I+2]([O-])O. The van der Waals surface area contributed by atoms with Crippen LogP contribution in [0.15, 0.2) is 0 Å². The molecule has 0 aromatic carbocycles. The highest BCUT2D eigenvalue weighted by Gasteiger charge is 1.91. The standard InChI is InChI=1S/C4H10N2.HIO3/c1-2-6-4-3-5-1;2-1(3)4/h5-6H,1-4H2;2H. The van der Waals surface area contributed by atoms with Gasteiger partial charge in [0.1, 0.15) is 0 Å². The molecule has 0 amide bonds. The van der Waals surface area contributed by atoms with Gasteiger partial charge in [0.25, 0.3) is 0 Å². The first-order valence-electron chi connectivity index (χ1n) is 2.89. The van der Waals surface area contributed by atoms with Gasteiger partial charge >= 0.3 is 21.1 Å². The molecule has 1 saturated heterocycles. The van der Waals surface area contributed by atoms with E-state index in [9.17, 15) is 0 Å². The fourth-order valence-corrected chi connectivity index (χ4v) is 0.604. The molecule has 5 nitrogen and oxygen atoms in total. The van der Waals surface area contributed by atoms with Crippen LogP contribution in [0.5, 0.6) is 0 Å². The lowest BCUT2D eigenvalue weighted by Gasteiger charge is -2.11. The van der Waals surface area contributed by atoms with Crippen LogP contribution in [0.3, 0.4) is 0 Å². The lowest BCUT2D eigenvalue weighted by atomic mass is 10.4. The molecular formula is C4H11IN2O3. The molecule has 1 rings (SSSR count). The zero-order valence-electron chi connectivity index (χ0n) is 5.47. The van der Waals surface area contributed by atoms with Gasteiger partial charge in [-0.15, -0.1) is 0 Å². The second-order valence-corrected chi connectivity index (χ2v) is 2.85. The van der Waals surface area contributed by atoms with Crippen molar-refractivity contribution < 1.29 is 31.4 Å². The Balaban J connectivity index is 0.000000180. The molecular weight excluding hydrogens is 251 g/mol. The van der Waals surface area contributed by atoms with Gasteiger partial charge < -0.3 is 17.5 Å². The molecule has 1 heterocycles. The van der Waals surface area contributed by atoms with Crippen molar-refractivity contribution in [3.05, 3.63) is 0 Å². The summed E-state index contributed by atoms with van der Waals surface area (Å²) >= 11 is -3.76. The number of hydrogen-bond acceptors (Lipinski definition) is 5. The van der Waals surface area contributed by atoms with E-state index in [1.54, 1.807) is 0 Å². The minimum absolute atomic E-state index is 1.14. The summed E-state index contributed by atoms with van der Waals surface area (Å²) in [5, 5.41) is 6.44. The Morgan fingerprint density at radius 1 is 1.00 bits per heavy atom. The lowest BCUT2D eigenvalue weighted by Crippen LogP contribution is -3.98.